The molecule has 1 rings (SSSR count). The summed E-state index contributed by atoms with van der Waals surface area (Å²) in [6.45, 7) is 1.99. The highest BCUT2D eigenvalue weighted by molar-refractivity contribution is 5.54. The number of nitrogen functional groups attached to an aromatic ring is 1. The lowest BCUT2D eigenvalue weighted by Gasteiger charge is -2.07. The van der Waals surface area contributed by atoms with Gasteiger partial charge in [0.2, 0.25) is 0 Å². The van der Waals surface area contributed by atoms with Crippen LogP contribution in [-0.2, 0) is 16.1 Å². The highest BCUT2D eigenvalue weighted by Gasteiger charge is 2.00. The third-order valence-electron chi connectivity index (χ3n) is 2.20. The van der Waals surface area contributed by atoms with Crippen molar-refractivity contribution >= 4 is 5.69 Å². The molecule has 0 bridgehead atoms. The first-order valence-electron chi connectivity index (χ1n) is 5.27. The van der Waals surface area contributed by atoms with Crippen molar-refractivity contribution in [2.24, 2.45) is 0 Å². The summed E-state index contributed by atoms with van der Waals surface area (Å²) in [5, 5.41) is 0. The normalized spacial score (nSPS) is 10.4. The molecule has 0 spiro atoms. The van der Waals surface area contributed by atoms with Crippen LogP contribution in [0, 0.1) is 0 Å². The number of nitrogens with two attached hydrogens (primary N) is 1. The molecule has 0 aliphatic heterocycles. The fraction of sp³-hybridized carbons (Fsp3) is 0.500. The first-order chi connectivity index (χ1) is 7.77. The van der Waals surface area contributed by atoms with Crippen LogP contribution in [0.4, 0.5) is 5.69 Å². The van der Waals surface area contributed by atoms with Gasteiger partial charge < -0.3 is 19.9 Å². The maximum Gasteiger partial charge on any atom is 0.141 e. The SMILES string of the molecule is COCCCOCc1ccc(OC)c(N)c1. The molecule has 0 atom stereocenters. The topological polar surface area (TPSA) is 53.7 Å². The maximum absolute atomic E-state index is 5.78. The van der Waals surface area contributed by atoms with E-state index in [9.17, 15) is 0 Å². The molecule has 0 aromatic heterocycles. The van der Waals surface area contributed by atoms with Crippen molar-refractivity contribution in [3.8, 4) is 5.75 Å². The third-order valence-corrected chi connectivity index (χ3v) is 2.20. The molecule has 0 unspecified atom stereocenters. The Labute approximate surface area is 96.3 Å². The van der Waals surface area contributed by atoms with Gasteiger partial charge in [-0.3, -0.25) is 0 Å². The summed E-state index contributed by atoms with van der Waals surface area (Å²) in [5.41, 5.74) is 7.47. The molecule has 1 aromatic rings. The zero-order chi connectivity index (χ0) is 11.8. The monoisotopic (exact) mass is 225 g/mol. The number of hydrogen-bond donors (Lipinski definition) is 1. The van der Waals surface area contributed by atoms with E-state index in [4.69, 9.17) is 19.9 Å². The summed E-state index contributed by atoms with van der Waals surface area (Å²) in [7, 11) is 3.29. The van der Waals surface area contributed by atoms with Crippen molar-refractivity contribution in [1.82, 2.24) is 0 Å². The Balaban J connectivity index is 2.34. The van der Waals surface area contributed by atoms with Crippen LogP contribution in [0.1, 0.15) is 12.0 Å². The minimum atomic E-state index is 0.567. The molecule has 0 saturated heterocycles. The van der Waals surface area contributed by atoms with E-state index in [0.717, 1.165) is 18.6 Å². The van der Waals surface area contributed by atoms with Gasteiger partial charge in [0, 0.05) is 20.3 Å². The molecule has 0 saturated carbocycles. The van der Waals surface area contributed by atoms with E-state index in [1.54, 1.807) is 14.2 Å². The molecule has 90 valence electrons. The fourth-order valence-corrected chi connectivity index (χ4v) is 1.37. The Bertz CT molecular complexity index is 315. The average Bonchev–Trinajstić information content (AvgIpc) is 2.29. The van der Waals surface area contributed by atoms with Crippen LogP contribution >= 0.6 is 0 Å². The van der Waals surface area contributed by atoms with Crippen LogP contribution in [0.2, 0.25) is 0 Å². The van der Waals surface area contributed by atoms with E-state index in [1.807, 2.05) is 18.2 Å². The van der Waals surface area contributed by atoms with Gasteiger partial charge in [0.25, 0.3) is 0 Å². The number of benzene rings is 1. The predicted molar refractivity (Wildman–Crippen MR) is 63.6 cm³/mol. The first kappa shape index (κ1) is 12.8. The van der Waals surface area contributed by atoms with E-state index in [2.05, 4.69) is 0 Å². The Morgan fingerprint density at radius 2 is 2.00 bits per heavy atom. The Kier molecular flexibility index (Phi) is 5.67. The van der Waals surface area contributed by atoms with Crippen molar-refractivity contribution in [3.63, 3.8) is 0 Å². The molecular weight excluding hydrogens is 206 g/mol. The number of ether oxygens (including phenoxy) is 3. The van der Waals surface area contributed by atoms with Crippen molar-refractivity contribution in [2.45, 2.75) is 13.0 Å². The zero-order valence-corrected chi connectivity index (χ0v) is 9.86. The summed E-state index contributed by atoms with van der Waals surface area (Å²) in [5.74, 6) is 0.697. The summed E-state index contributed by atoms with van der Waals surface area (Å²) < 4.78 is 15.5. The van der Waals surface area contributed by atoms with Crippen molar-refractivity contribution < 1.29 is 14.2 Å². The molecule has 4 nitrogen and oxygen atoms in total. The molecular formula is C12H19NO3. The summed E-state index contributed by atoms with van der Waals surface area (Å²) in [6.07, 6.45) is 0.905. The van der Waals surface area contributed by atoms with Gasteiger partial charge in [-0.2, -0.15) is 0 Å². The minimum Gasteiger partial charge on any atom is -0.495 e. The summed E-state index contributed by atoms with van der Waals surface area (Å²) in [6, 6.07) is 5.67. The van der Waals surface area contributed by atoms with E-state index in [1.165, 1.54) is 0 Å². The third kappa shape index (κ3) is 4.08. The number of rotatable bonds is 7. The van der Waals surface area contributed by atoms with Gasteiger partial charge >= 0.3 is 0 Å². The van der Waals surface area contributed by atoms with E-state index in [0.29, 0.717) is 24.7 Å². The summed E-state index contributed by atoms with van der Waals surface area (Å²) in [4.78, 5) is 0. The Morgan fingerprint density at radius 3 is 2.62 bits per heavy atom. The molecule has 16 heavy (non-hydrogen) atoms. The maximum atomic E-state index is 5.78. The lowest BCUT2D eigenvalue weighted by Crippen LogP contribution is -2.00. The smallest absolute Gasteiger partial charge is 0.141 e. The first-order valence-corrected chi connectivity index (χ1v) is 5.27. The highest BCUT2D eigenvalue weighted by Crippen LogP contribution is 2.22. The van der Waals surface area contributed by atoms with Gasteiger partial charge in [0.15, 0.2) is 0 Å². The van der Waals surface area contributed by atoms with Crippen LogP contribution in [0.15, 0.2) is 18.2 Å². The van der Waals surface area contributed by atoms with Gasteiger partial charge in [0.05, 0.1) is 19.4 Å². The Hall–Kier alpha value is -1.26. The van der Waals surface area contributed by atoms with Crippen molar-refractivity contribution in [3.05, 3.63) is 23.8 Å². The molecule has 0 radical (unpaired) electrons. The fourth-order valence-electron chi connectivity index (χ4n) is 1.37. The van der Waals surface area contributed by atoms with Gasteiger partial charge in [-0.15, -0.1) is 0 Å². The molecule has 0 amide bonds. The van der Waals surface area contributed by atoms with Crippen LogP contribution in [0.3, 0.4) is 0 Å². The predicted octanol–water partition coefficient (Wildman–Crippen LogP) is 1.83. The lowest BCUT2D eigenvalue weighted by molar-refractivity contribution is 0.0928. The van der Waals surface area contributed by atoms with Gasteiger partial charge in [0.1, 0.15) is 5.75 Å². The van der Waals surface area contributed by atoms with Crippen molar-refractivity contribution in [2.75, 3.05) is 33.2 Å². The lowest BCUT2D eigenvalue weighted by atomic mass is 10.2. The van der Waals surface area contributed by atoms with Gasteiger partial charge in [-0.25, -0.2) is 0 Å². The molecule has 0 aliphatic rings. The quantitative estimate of drug-likeness (QED) is 0.568. The van der Waals surface area contributed by atoms with E-state index >= 15 is 0 Å². The molecule has 1 aromatic carbocycles. The number of hydrogen-bond acceptors (Lipinski definition) is 4. The molecule has 0 fully saturated rings. The molecule has 4 heteroatoms. The van der Waals surface area contributed by atoms with Gasteiger partial charge in [-0.1, -0.05) is 6.07 Å². The van der Waals surface area contributed by atoms with E-state index < -0.39 is 0 Å². The van der Waals surface area contributed by atoms with Gasteiger partial charge in [-0.05, 0) is 24.1 Å². The summed E-state index contributed by atoms with van der Waals surface area (Å²) >= 11 is 0. The van der Waals surface area contributed by atoms with Crippen molar-refractivity contribution in [1.29, 1.82) is 0 Å². The second-order valence-electron chi connectivity index (χ2n) is 3.48. The van der Waals surface area contributed by atoms with Crippen LogP contribution in [0.5, 0.6) is 5.75 Å². The largest absolute Gasteiger partial charge is 0.495 e. The van der Waals surface area contributed by atoms with E-state index in [-0.39, 0.29) is 0 Å². The Morgan fingerprint density at radius 1 is 1.19 bits per heavy atom. The zero-order valence-electron chi connectivity index (χ0n) is 9.86. The highest BCUT2D eigenvalue weighted by atomic mass is 16.5. The van der Waals surface area contributed by atoms with Crippen LogP contribution in [-0.4, -0.2) is 27.4 Å². The average molecular weight is 225 g/mol. The standard InChI is InChI=1S/C12H19NO3/c1-14-6-3-7-16-9-10-4-5-12(15-2)11(13)8-10/h4-5,8H,3,6-7,9,13H2,1-2H3. The second kappa shape index (κ2) is 7.09. The molecule has 0 aliphatic carbocycles. The number of methoxy groups -OCH3 is 2. The van der Waals surface area contributed by atoms with Crippen LogP contribution < -0.4 is 10.5 Å². The molecule has 2 N–H and O–H groups in total. The van der Waals surface area contributed by atoms with Crippen LogP contribution in [0.25, 0.3) is 0 Å². The number of anilines is 1. The second-order valence-corrected chi connectivity index (χ2v) is 3.48. The molecule has 0 heterocycles. The minimum absolute atomic E-state index is 0.567.